The van der Waals surface area contributed by atoms with Crippen molar-refractivity contribution in [1.29, 1.82) is 0 Å². The molecule has 0 spiro atoms. The van der Waals surface area contributed by atoms with Gasteiger partial charge in [0.1, 0.15) is 5.76 Å². The summed E-state index contributed by atoms with van der Waals surface area (Å²) in [5, 5.41) is 5.11. The molecule has 0 unspecified atom stereocenters. The van der Waals surface area contributed by atoms with E-state index in [4.69, 9.17) is 9.15 Å². The lowest BCUT2D eigenvalue weighted by atomic mass is 10.1. The molecule has 0 radical (unpaired) electrons. The third kappa shape index (κ3) is 5.22. The number of morpholine rings is 1. The third-order valence-corrected chi connectivity index (χ3v) is 6.53. The largest absolute Gasteiger partial charge is 0.467 e. The van der Waals surface area contributed by atoms with Crippen molar-refractivity contribution in [2.24, 2.45) is 0 Å². The molecule has 1 aromatic carbocycles. The van der Waals surface area contributed by atoms with Crippen molar-refractivity contribution in [2.75, 3.05) is 32.8 Å². The van der Waals surface area contributed by atoms with Gasteiger partial charge in [0.15, 0.2) is 0 Å². The highest BCUT2D eigenvalue weighted by atomic mass is 32.2. The second-order valence-electron chi connectivity index (χ2n) is 6.54. The van der Waals surface area contributed by atoms with Crippen molar-refractivity contribution < 1.29 is 27.2 Å². The first-order chi connectivity index (χ1) is 13.9. The Kier molecular flexibility index (Phi) is 6.68. The lowest BCUT2D eigenvalue weighted by Crippen LogP contribution is -2.41. The molecular formula is C19H23N3O6S. The fourth-order valence-corrected chi connectivity index (χ4v) is 4.53. The number of nitrogens with zero attached hydrogens (tertiary/aromatic N) is 1. The van der Waals surface area contributed by atoms with Crippen LogP contribution in [0.5, 0.6) is 0 Å². The molecule has 10 heteroatoms. The normalized spacial score (nSPS) is 15.1. The van der Waals surface area contributed by atoms with E-state index in [9.17, 15) is 18.0 Å². The van der Waals surface area contributed by atoms with Crippen LogP contribution in [0.2, 0.25) is 0 Å². The van der Waals surface area contributed by atoms with Crippen LogP contribution in [0.1, 0.15) is 21.7 Å². The molecule has 1 aliphatic heterocycles. The van der Waals surface area contributed by atoms with Crippen molar-refractivity contribution >= 4 is 21.8 Å². The van der Waals surface area contributed by atoms with Crippen molar-refractivity contribution in [2.45, 2.75) is 18.4 Å². The molecule has 1 saturated heterocycles. The standard InChI is InChI=1S/C19H23N3O6S/c1-14-4-5-15(11-17(14)29(25,26)22-6-9-27-10-7-22)19(24)21-13-18(23)20-12-16-3-2-8-28-16/h2-5,8,11H,6-7,9-10,12-13H2,1H3,(H,20,23)(H,21,24). The van der Waals surface area contributed by atoms with Gasteiger partial charge in [0.25, 0.3) is 5.91 Å². The third-order valence-electron chi connectivity index (χ3n) is 4.49. The minimum Gasteiger partial charge on any atom is -0.467 e. The average molecular weight is 421 g/mol. The van der Waals surface area contributed by atoms with Crippen LogP contribution >= 0.6 is 0 Å². The van der Waals surface area contributed by atoms with E-state index in [2.05, 4.69) is 10.6 Å². The predicted molar refractivity (Wildman–Crippen MR) is 104 cm³/mol. The van der Waals surface area contributed by atoms with Crippen LogP contribution < -0.4 is 10.6 Å². The summed E-state index contributed by atoms with van der Waals surface area (Å²) < 4.78 is 37.5. The molecule has 2 N–H and O–H groups in total. The van der Waals surface area contributed by atoms with Gasteiger partial charge in [-0.1, -0.05) is 6.07 Å². The van der Waals surface area contributed by atoms with Crippen LogP contribution in [-0.4, -0.2) is 57.4 Å². The Bertz CT molecular complexity index is 966. The molecule has 29 heavy (non-hydrogen) atoms. The highest BCUT2D eigenvalue weighted by molar-refractivity contribution is 7.89. The lowest BCUT2D eigenvalue weighted by molar-refractivity contribution is -0.120. The molecule has 2 amide bonds. The number of benzene rings is 1. The van der Waals surface area contributed by atoms with Crippen LogP contribution in [0.4, 0.5) is 0 Å². The number of furan rings is 1. The highest BCUT2D eigenvalue weighted by Gasteiger charge is 2.28. The molecule has 9 nitrogen and oxygen atoms in total. The SMILES string of the molecule is Cc1ccc(C(=O)NCC(=O)NCc2ccco2)cc1S(=O)(=O)N1CCOCC1. The molecule has 1 aliphatic rings. The Hall–Kier alpha value is -2.69. The Balaban J connectivity index is 1.63. The van der Waals surface area contributed by atoms with Gasteiger partial charge in [-0.05, 0) is 36.8 Å². The maximum atomic E-state index is 12.9. The Morgan fingerprint density at radius 3 is 2.59 bits per heavy atom. The summed E-state index contributed by atoms with van der Waals surface area (Å²) in [6.07, 6.45) is 1.50. The smallest absolute Gasteiger partial charge is 0.251 e. The molecule has 2 heterocycles. The second-order valence-corrected chi connectivity index (χ2v) is 8.44. The van der Waals surface area contributed by atoms with E-state index < -0.39 is 15.9 Å². The van der Waals surface area contributed by atoms with Crippen molar-refractivity contribution in [3.63, 3.8) is 0 Å². The molecule has 3 rings (SSSR count). The minimum absolute atomic E-state index is 0.0781. The van der Waals surface area contributed by atoms with E-state index in [1.54, 1.807) is 25.1 Å². The number of hydrogen-bond donors (Lipinski definition) is 2. The zero-order valence-corrected chi connectivity index (χ0v) is 16.8. The summed E-state index contributed by atoms with van der Waals surface area (Å²) in [6, 6.07) is 7.89. The number of amides is 2. The van der Waals surface area contributed by atoms with Gasteiger partial charge in [-0.25, -0.2) is 8.42 Å². The highest BCUT2D eigenvalue weighted by Crippen LogP contribution is 2.22. The van der Waals surface area contributed by atoms with Crippen molar-refractivity contribution in [1.82, 2.24) is 14.9 Å². The van der Waals surface area contributed by atoms with E-state index in [1.165, 1.54) is 22.7 Å². The van der Waals surface area contributed by atoms with Crippen LogP contribution in [0.25, 0.3) is 0 Å². The summed E-state index contributed by atoms with van der Waals surface area (Å²) in [4.78, 5) is 24.4. The van der Waals surface area contributed by atoms with Crippen LogP contribution in [0, 0.1) is 6.92 Å². The quantitative estimate of drug-likeness (QED) is 0.678. The summed E-state index contributed by atoms with van der Waals surface area (Å²) in [5.74, 6) is -0.319. The predicted octanol–water partition coefficient (Wildman–Crippen LogP) is 0.655. The second kappa shape index (κ2) is 9.21. The first kappa shape index (κ1) is 21.0. The topological polar surface area (TPSA) is 118 Å². The first-order valence-corrected chi connectivity index (χ1v) is 10.6. The molecule has 2 aromatic rings. The zero-order valence-electron chi connectivity index (χ0n) is 16.0. The van der Waals surface area contributed by atoms with Gasteiger partial charge in [0.2, 0.25) is 15.9 Å². The number of carbonyl (C=O) groups is 2. The van der Waals surface area contributed by atoms with Crippen LogP contribution in [-0.2, 0) is 26.1 Å². The molecule has 0 atom stereocenters. The Labute approximate surface area is 169 Å². The molecule has 1 fully saturated rings. The summed E-state index contributed by atoms with van der Waals surface area (Å²) in [7, 11) is -3.73. The fourth-order valence-electron chi connectivity index (χ4n) is 2.87. The molecule has 1 aromatic heterocycles. The van der Waals surface area contributed by atoms with Crippen LogP contribution in [0.15, 0.2) is 45.9 Å². The maximum Gasteiger partial charge on any atom is 0.251 e. The molecule has 156 valence electrons. The van der Waals surface area contributed by atoms with Gasteiger partial charge < -0.3 is 19.8 Å². The maximum absolute atomic E-state index is 12.9. The number of nitrogens with one attached hydrogen (secondary N) is 2. The van der Waals surface area contributed by atoms with Gasteiger partial charge in [-0.15, -0.1) is 0 Å². The molecule has 0 saturated carbocycles. The molecular weight excluding hydrogens is 398 g/mol. The van der Waals surface area contributed by atoms with Gasteiger partial charge in [0, 0.05) is 18.7 Å². The molecule has 0 bridgehead atoms. The van der Waals surface area contributed by atoms with Crippen LogP contribution in [0.3, 0.4) is 0 Å². The van der Waals surface area contributed by atoms with E-state index in [0.29, 0.717) is 24.5 Å². The van der Waals surface area contributed by atoms with Crippen molar-refractivity contribution in [3.8, 4) is 0 Å². The van der Waals surface area contributed by atoms with E-state index in [-0.39, 0.29) is 42.5 Å². The summed E-state index contributed by atoms with van der Waals surface area (Å²) in [5.41, 5.74) is 0.713. The summed E-state index contributed by atoms with van der Waals surface area (Å²) in [6.45, 7) is 2.88. The number of sulfonamides is 1. The van der Waals surface area contributed by atoms with Crippen molar-refractivity contribution in [3.05, 3.63) is 53.5 Å². The van der Waals surface area contributed by atoms with Gasteiger partial charge in [-0.3, -0.25) is 9.59 Å². The first-order valence-electron chi connectivity index (χ1n) is 9.14. The number of carbonyl (C=O) groups excluding carboxylic acids is 2. The Morgan fingerprint density at radius 1 is 1.14 bits per heavy atom. The number of rotatable bonds is 7. The monoisotopic (exact) mass is 421 g/mol. The minimum atomic E-state index is -3.73. The van der Waals surface area contributed by atoms with E-state index >= 15 is 0 Å². The zero-order chi connectivity index (χ0) is 20.9. The average Bonchev–Trinajstić information content (AvgIpc) is 3.25. The molecule has 0 aliphatic carbocycles. The summed E-state index contributed by atoms with van der Waals surface area (Å²) >= 11 is 0. The number of aryl methyl sites for hydroxylation is 1. The van der Waals surface area contributed by atoms with E-state index in [1.807, 2.05) is 0 Å². The van der Waals surface area contributed by atoms with E-state index in [0.717, 1.165) is 0 Å². The Morgan fingerprint density at radius 2 is 1.90 bits per heavy atom. The fraction of sp³-hybridized carbons (Fsp3) is 0.368. The van der Waals surface area contributed by atoms with Gasteiger partial charge >= 0.3 is 0 Å². The van der Waals surface area contributed by atoms with Gasteiger partial charge in [0.05, 0.1) is 37.5 Å². The number of ether oxygens (including phenoxy) is 1. The van der Waals surface area contributed by atoms with Gasteiger partial charge in [-0.2, -0.15) is 4.31 Å². The lowest BCUT2D eigenvalue weighted by Gasteiger charge is -2.26. The number of hydrogen-bond acceptors (Lipinski definition) is 6.